The van der Waals surface area contributed by atoms with Gasteiger partial charge >= 0.3 is 12.1 Å². The molecule has 0 aromatic heterocycles. The molecule has 3 atom stereocenters. The summed E-state index contributed by atoms with van der Waals surface area (Å²) in [6, 6.07) is 0. The topological polar surface area (TPSA) is 82.1 Å². The first-order valence-electron chi connectivity index (χ1n) is 8.10. The lowest BCUT2D eigenvalue weighted by molar-refractivity contribution is -0.241. The zero-order valence-corrected chi connectivity index (χ0v) is 14.8. The van der Waals surface area contributed by atoms with Crippen LogP contribution >= 0.6 is 0 Å². The van der Waals surface area contributed by atoms with Crippen molar-refractivity contribution in [3.8, 4) is 0 Å². The fraction of sp³-hybridized carbons (Fsp3) is 0.765. The van der Waals surface area contributed by atoms with Gasteiger partial charge in [-0.05, 0) is 32.6 Å². The van der Waals surface area contributed by atoms with Gasteiger partial charge in [-0.25, -0.2) is 0 Å². The summed E-state index contributed by atoms with van der Waals surface area (Å²) < 4.78 is 39.9. The van der Waals surface area contributed by atoms with Gasteiger partial charge in [-0.1, -0.05) is 19.1 Å². The molecule has 0 spiro atoms. The van der Waals surface area contributed by atoms with E-state index in [0.717, 1.165) is 0 Å². The fourth-order valence-electron chi connectivity index (χ4n) is 3.25. The van der Waals surface area contributed by atoms with E-state index in [0.29, 0.717) is 31.8 Å². The normalized spacial score (nSPS) is 28.3. The Kier molecular flexibility index (Phi) is 7.08. The van der Waals surface area contributed by atoms with Gasteiger partial charge < -0.3 is 19.3 Å². The molecule has 3 unspecified atom stereocenters. The lowest BCUT2D eigenvalue weighted by Crippen LogP contribution is -2.47. The Morgan fingerprint density at radius 1 is 1.44 bits per heavy atom. The maximum Gasteiger partial charge on any atom is 0.353 e. The number of halogens is 2. The van der Waals surface area contributed by atoms with Crippen LogP contribution in [0.15, 0.2) is 12.2 Å². The Bertz CT molecular complexity index is 500. The molecule has 0 aromatic rings. The number of carbonyl (C=O) groups is 2. The van der Waals surface area contributed by atoms with Crippen molar-refractivity contribution < 1.29 is 37.7 Å². The summed E-state index contributed by atoms with van der Waals surface area (Å²) >= 11 is 0. The van der Waals surface area contributed by atoms with Crippen LogP contribution in [0.25, 0.3) is 0 Å². The smallest absolute Gasteiger partial charge is 0.353 e. The van der Waals surface area contributed by atoms with Crippen molar-refractivity contribution in [2.45, 2.75) is 64.3 Å². The van der Waals surface area contributed by atoms with Gasteiger partial charge in [0.1, 0.15) is 6.61 Å². The second-order valence-electron chi connectivity index (χ2n) is 6.99. The van der Waals surface area contributed by atoms with Gasteiger partial charge in [-0.2, -0.15) is 8.78 Å². The van der Waals surface area contributed by atoms with Crippen molar-refractivity contribution >= 4 is 12.4 Å². The predicted octanol–water partition coefficient (Wildman–Crippen LogP) is 2.59. The first-order chi connectivity index (χ1) is 11.4. The van der Waals surface area contributed by atoms with E-state index in [4.69, 9.17) is 4.74 Å². The molecule has 0 heterocycles. The van der Waals surface area contributed by atoms with E-state index in [-0.39, 0.29) is 12.9 Å². The Morgan fingerprint density at radius 3 is 2.56 bits per heavy atom. The van der Waals surface area contributed by atoms with Crippen LogP contribution in [0.5, 0.6) is 0 Å². The van der Waals surface area contributed by atoms with E-state index >= 15 is 0 Å². The Labute approximate surface area is 146 Å². The van der Waals surface area contributed by atoms with Crippen molar-refractivity contribution in [3.63, 3.8) is 0 Å². The average molecular weight is 364 g/mol. The monoisotopic (exact) mass is 364 g/mol. The maximum absolute atomic E-state index is 12.9. The van der Waals surface area contributed by atoms with Gasteiger partial charge in [0.15, 0.2) is 6.10 Å². The van der Waals surface area contributed by atoms with Crippen molar-refractivity contribution in [2.75, 3.05) is 13.2 Å². The molecular formula is C17H26F2O6. The number of rotatable bonds is 9. The third-order valence-electron chi connectivity index (χ3n) is 4.19. The van der Waals surface area contributed by atoms with Gasteiger partial charge in [0, 0.05) is 6.92 Å². The number of carbonyl (C=O) groups excluding carboxylic acids is 2. The standard InChI is InChI=1S/C17H26F2O6/c1-5-17(7-12(2)6-15(3,22)10-17)14(21)25-13(8-23-11-20)9-24-16(4,18)19/h11,13,22H,2,5-10H2,1,3-4H3. The fourth-order valence-corrected chi connectivity index (χ4v) is 3.25. The van der Waals surface area contributed by atoms with Crippen LogP contribution in [0, 0.1) is 5.41 Å². The first kappa shape index (κ1) is 21.5. The number of hydrogen-bond donors (Lipinski definition) is 1. The minimum Gasteiger partial charge on any atom is -0.464 e. The number of alkyl halides is 2. The number of aliphatic hydroxyl groups is 1. The minimum atomic E-state index is -3.41. The highest BCUT2D eigenvalue weighted by Crippen LogP contribution is 2.46. The molecular weight excluding hydrogens is 338 g/mol. The quantitative estimate of drug-likeness (QED) is 0.385. The minimum absolute atomic E-state index is 0.133. The largest absolute Gasteiger partial charge is 0.464 e. The summed E-state index contributed by atoms with van der Waals surface area (Å²) in [6.07, 6.45) is -3.31. The summed E-state index contributed by atoms with van der Waals surface area (Å²) in [7, 11) is 0. The molecule has 1 aliphatic rings. The number of hydrogen-bond acceptors (Lipinski definition) is 6. The molecule has 1 rings (SSSR count). The molecule has 1 N–H and O–H groups in total. The molecule has 0 radical (unpaired) electrons. The average Bonchev–Trinajstić information content (AvgIpc) is 2.46. The van der Waals surface area contributed by atoms with Crippen molar-refractivity contribution in [1.29, 1.82) is 0 Å². The molecule has 6 nitrogen and oxygen atoms in total. The zero-order chi connectivity index (χ0) is 19.3. The van der Waals surface area contributed by atoms with Crippen molar-refractivity contribution in [2.24, 2.45) is 5.41 Å². The van der Waals surface area contributed by atoms with E-state index < -0.39 is 42.4 Å². The van der Waals surface area contributed by atoms with Crippen molar-refractivity contribution in [3.05, 3.63) is 12.2 Å². The molecule has 0 aromatic carbocycles. The Hall–Kier alpha value is -1.54. The molecule has 0 saturated heterocycles. The Morgan fingerprint density at radius 2 is 2.08 bits per heavy atom. The van der Waals surface area contributed by atoms with Gasteiger partial charge in [0.25, 0.3) is 6.47 Å². The number of ether oxygens (including phenoxy) is 3. The van der Waals surface area contributed by atoms with E-state index in [1.54, 1.807) is 13.8 Å². The van der Waals surface area contributed by atoms with Crippen LogP contribution in [0.4, 0.5) is 8.78 Å². The Balaban J connectivity index is 2.87. The molecule has 0 bridgehead atoms. The first-order valence-corrected chi connectivity index (χ1v) is 8.10. The van der Waals surface area contributed by atoms with Gasteiger partial charge in [-0.15, -0.1) is 0 Å². The summed E-state index contributed by atoms with van der Waals surface area (Å²) in [5.74, 6) is -0.654. The molecule has 8 heteroatoms. The highest BCUT2D eigenvalue weighted by atomic mass is 19.3. The highest BCUT2D eigenvalue weighted by molar-refractivity contribution is 5.78. The third-order valence-corrected chi connectivity index (χ3v) is 4.19. The lowest BCUT2D eigenvalue weighted by Gasteiger charge is -2.43. The van der Waals surface area contributed by atoms with Gasteiger partial charge in [-0.3, -0.25) is 9.59 Å². The van der Waals surface area contributed by atoms with E-state index in [1.165, 1.54) is 0 Å². The van der Waals surface area contributed by atoms with E-state index in [1.807, 2.05) is 0 Å². The molecule has 1 fully saturated rings. The third kappa shape index (κ3) is 6.70. The second-order valence-corrected chi connectivity index (χ2v) is 6.99. The van der Waals surface area contributed by atoms with Gasteiger partial charge in [0.05, 0.1) is 17.6 Å². The van der Waals surface area contributed by atoms with Crippen molar-refractivity contribution in [1.82, 2.24) is 0 Å². The van der Waals surface area contributed by atoms with Gasteiger partial charge in [0.2, 0.25) is 0 Å². The molecule has 0 amide bonds. The lowest BCUT2D eigenvalue weighted by atomic mass is 9.65. The van der Waals surface area contributed by atoms with E-state index in [9.17, 15) is 23.5 Å². The summed E-state index contributed by atoms with van der Waals surface area (Å²) in [4.78, 5) is 23.1. The summed E-state index contributed by atoms with van der Waals surface area (Å²) in [6.45, 7) is 6.93. The van der Waals surface area contributed by atoms with Crippen LogP contribution in [0.2, 0.25) is 0 Å². The molecule has 1 saturated carbocycles. The molecule has 1 aliphatic carbocycles. The SMILES string of the molecule is C=C1CC(C)(O)CC(CC)(C(=O)OC(COC=O)COC(C)(F)F)C1. The molecule has 144 valence electrons. The molecule has 25 heavy (non-hydrogen) atoms. The highest BCUT2D eigenvalue weighted by Gasteiger charge is 2.48. The zero-order valence-electron chi connectivity index (χ0n) is 14.8. The molecule has 0 aliphatic heterocycles. The van der Waals surface area contributed by atoms with Crippen LogP contribution in [-0.4, -0.2) is 48.6 Å². The van der Waals surface area contributed by atoms with Crippen LogP contribution in [-0.2, 0) is 23.8 Å². The van der Waals surface area contributed by atoms with Crippen LogP contribution in [0.3, 0.4) is 0 Å². The predicted molar refractivity (Wildman–Crippen MR) is 84.8 cm³/mol. The van der Waals surface area contributed by atoms with E-state index in [2.05, 4.69) is 16.1 Å². The summed E-state index contributed by atoms with van der Waals surface area (Å²) in [5.41, 5.74) is -1.40. The number of esters is 1. The van der Waals surface area contributed by atoms with Crippen LogP contribution < -0.4 is 0 Å². The second kappa shape index (κ2) is 8.23. The maximum atomic E-state index is 12.9. The summed E-state index contributed by atoms with van der Waals surface area (Å²) in [5, 5.41) is 10.4. The van der Waals surface area contributed by atoms with Crippen LogP contribution in [0.1, 0.15) is 46.5 Å².